The van der Waals surface area contributed by atoms with Gasteiger partial charge in [0.2, 0.25) is 0 Å². The lowest BCUT2D eigenvalue weighted by atomic mass is 10.2. The van der Waals surface area contributed by atoms with Crippen LogP contribution in [-0.4, -0.2) is 19.7 Å². The highest BCUT2D eigenvalue weighted by Crippen LogP contribution is 2.30. The maximum atomic E-state index is 4.98. The van der Waals surface area contributed by atoms with Crippen LogP contribution in [0.2, 0.25) is 0 Å². The maximum absolute atomic E-state index is 4.98. The summed E-state index contributed by atoms with van der Waals surface area (Å²) in [4.78, 5) is 9.33. The molecule has 0 aliphatic carbocycles. The molecule has 0 bridgehead atoms. The summed E-state index contributed by atoms with van der Waals surface area (Å²) in [7, 11) is 0. The van der Waals surface area contributed by atoms with Crippen LogP contribution >= 0.6 is 22.7 Å². The fraction of sp³-hybridized carbons (Fsp3) is 0.235. The quantitative estimate of drug-likeness (QED) is 0.538. The molecule has 0 N–H and O–H groups in total. The normalized spacial score (nSPS) is 11.3. The van der Waals surface area contributed by atoms with E-state index in [0.29, 0.717) is 0 Å². The Morgan fingerprint density at radius 1 is 1.12 bits per heavy atom. The molecule has 0 aliphatic heterocycles. The number of nitrogens with zero attached hydrogens (tertiary/aromatic N) is 4. The summed E-state index contributed by atoms with van der Waals surface area (Å²) in [5, 5.41) is 10.4. The SMILES string of the molecule is Cc1nc(Cc2nc(-c3cc(C)n(-c4ccon4)c3C)cs2)cs1. The summed E-state index contributed by atoms with van der Waals surface area (Å²) in [5.74, 6) is 0.796. The molecule has 7 heteroatoms. The Morgan fingerprint density at radius 3 is 2.71 bits per heavy atom. The summed E-state index contributed by atoms with van der Waals surface area (Å²) in [6, 6.07) is 4.01. The molecule has 0 saturated carbocycles. The second kappa shape index (κ2) is 5.99. The Hall–Kier alpha value is -2.25. The van der Waals surface area contributed by atoms with Gasteiger partial charge in [-0.1, -0.05) is 5.16 Å². The van der Waals surface area contributed by atoms with Crippen LogP contribution < -0.4 is 0 Å². The molecule has 0 saturated heterocycles. The van der Waals surface area contributed by atoms with E-state index in [-0.39, 0.29) is 0 Å². The zero-order chi connectivity index (χ0) is 16.7. The highest BCUT2D eigenvalue weighted by molar-refractivity contribution is 7.10. The maximum Gasteiger partial charge on any atom is 0.180 e. The lowest BCUT2D eigenvalue weighted by Crippen LogP contribution is -1.99. The first-order valence-corrected chi connectivity index (χ1v) is 9.33. The van der Waals surface area contributed by atoms with Crippen LogP contribution in [0.3, 0.4) is 0 Å². The standard InChI is InChI=1S/C17H16N4OS2/c1-10-6-14(11(2)21(10)16-4-5-22-20-16)15-9-24-17(19-15)7-13-8-23-12(3)18-13/h4-6,8-9H,7H2,1-3H3. The van der Waals surface area contributed by atoms with Crippen LogP contribution in [0.5, 0.6) is 0 Å². The number of hydrogen-bond acceptors (Lipinski definition) is 6. The average Bonchev–Trinajstić information content (AvgIpc) is 3.30. The Bertz CT molecular complexity index is 979. The van der Waals surface area contributed by atoms with Gasteiger partial charge < -0.3 is 4.52 Å². The summed E-state index contributed by atoms with van der Waals surface area (Å²) >= 11 is 3.36. The Labute approximate surface area is 147 Å². The summed E-state index contributed by atoms with van der Waals surface area (Å²) in [6.07, 6.45) is 2.38. The first-order valence-electron chi connectivity index (χ1n) is 7.57. The molecule has 4 aromatic heterocycles. The Balaban J connectivity index is 1.66. The van der Waals surface area contributed by atoms with E-state index in [2.05, 4.69) is 45.4 Å². The number of rotatable bonds is 4. The fourth-order valence-electron chi connectivity index (χ4n) is 2.86. The second-order valence-electron chi connectivity index (χ2n) is 5.64. The molecule has 4 aromatic rings. The van der Waals surface area contributed by atoms with Crippen LogP contribution in [-0.2, 0) is 6.42 Å². The van der Waals surface area contributed by atoms with Crippen LogP contribution in [0.1, 0.15) is 27.1 Å². The first-order chi connectivity index (χ1) is 11.6. The summed E-state index contributed by atoms with van der Waals surface area (Å²) in [5.41, 5.74) is 5.45. The second-order valence-corrected chi connectivity index (χ2v) is 7.64. The molecule has 4 rings (SSSR count). The van der Waals surface area contributed by atoms with Crippen molar-refractivity contribution in [3.8, 4) is 17.1 Å². The van der Waals surface area contributed by atoms with E-state index < -0.39 is 0 Å². The topological polar surface area (TPSA) is 56.7 Å². The van der Waals surface area contributed by atoms with Gasteiger partial charge in [-0.15, -0.1) is 22.7 Å². The first kappa shape index (κ1) is 15.3. The Kier molecular flexibility index (Phi) is 3.82. The monoisotopic (exact) mass is 356 g/mol. The lowest BCUT2D eigenvalue weighted by Gasteiger charge is -2.04. The predicted octanol–water partition coefficient (Wildman–Crippen LogP) is 4.56. The van der Waals surface area contributed by atoms with Crippen molar-refractivity contribution in [1.82, 2.24) is 19.7 Å². The van der Waals surface area contributed by atoms with E-state index in [1.54, 1.807) is 28.9 Å². The van der Waals surface area contributed by atoms with E-state index in [0.717, 1.165) is 50.6 Å². The third-order valence-corrected chi connectivity index (χ3v) is 5.58. The molecular weight excluding hydrogens is 340 g/mol. The molecule has 0 spiro atoms. The zero-order valence-corrected chi connectivity index (χ0v) is 15.2. The van der Waals surface area contributed by atoms with Crippen molar-refractivity contribution in [2.45, 2.75) is 27.2 Å². The smallest absolute Gasteiger partial charge is 0.180 e. The van der Waals surface area contributed by atoms with E-state index in [1.165, 1.54) is 0 Å². The lowest BCUT2D eigenvalue weighted by molar-refractivity contribution is 0.416. The predicted molar refractivity (Wildman–Crippen MR) is 96.1 cm³/mol. The number of aryl methyl sites for hydroxylation is 2. The molecule has 0 unspecified atom stereocenters. The zero-order valence-electron chi connectivity index (χ0n) is 13.6. The molecule has 24 heavy (non-hydrogen) atoms. The largest absolute Gasteiger partial charge is 0.363 e. The van der Waals surface area contributed by atoms with Gasteiger partial charge in [0.05, 0.1) is 21.4 Å². The summed E-state index contributed by atoms with van der Waals surface area (Å²) < 4.78 is 7.06. The highest BCUT2D eigenvalue weighted by atomic mass is 32.1. The van der Waals surface area contributed by atoms with Crippen molar-refractivity contribution in [3.05, 3.63) is 56.3 Å². The molecular formula is C17H16N4OS2. The minimum atomic E-state index is 0.789. The fourth-order valence-corrected chi connectivity index (χ4v) is 4.28. The third kappa shape index (κ3) is 2.70. The van der Waals surface area contributed by atoms with Crippen LogP contribution in [0.25, 0.3) is 17.1 Å². The van der Waals surface area contributed by atoms with E-state index in [9.17, 15) is 0 Å². The van der Waals surface area contributed by atoms with Crippen molar-refractivity contribution in [2.75, 3.05) is 0 Å². The van der Waals surface area contributed by atoms with Gasteiger partial charge in [-0.05, 0) is 26.8 Å². The molecule has 0 aliphatic rings. The van der Waals surface area contributed by atoms with Crippen LogP contribution in [0, 0.1) is 20.8 Å². The van der Waals surface area contributed by atoms with E-state index in [4.69, 9.17) is 9.51 Å². The van der Waals surface area contributed by atoms with E-state index in [1.807, 2.05) is 13.0 Å². The highest BCUT2D eigenvalue weighted by Gasteiger charge is 2.16. The van der Waals surface area contributed by atoms with Gasteiger partial charge in [-0.2, -0.15) is 0 Å². The van der Waals surface area contributed by atoms with Crippen LogP contribution in [0.4, 0.5) is 0 Å². The molecule has 4 heterocycles. The van der Waals surface area contributed by atoms with Gasteiger partial charge in [0.1, 0.15) is 6.26 Å². The van der Waals surface area contributed by atoms with Crippen molar-refractivity contribution in [2.24, 2.45) is 0 Å². The van der Waals surface area contributed by atoms with Crippen molar-refractivity contribution in [3.63, 3.8) is 0 Å². The summed E-state index contributed by atoms with van der Waals surface area (Å²) in [6.45, 7) is 6.18. The van der Waals surface area contributed by atoms with Crippen molar-refractivity contribution in [1.29, 1.82) is 0 Å². The van der Waals surface area contributed by atoms with Gasteiger partial charge >= 0.3 is 0 Å². The van der Waals surface area contributed by atoms with Gasteiger partial charge in [0.15, 0.2) is 5.82 Å². The molecule has 0 radical (unpaired) electrons. The minimum absolute atomic E-state index is 0.789. The number of thiazole rings is 2. The molecule has 122 valence electrons. The van der Waals surface area contributed by atoms with Gasteiger partial charge in [0, 0.05) is 40.2 Å². The van der Waals surface area contributed by atoms with Crippen molar-refractivity contribution < 1.29 is 4.52 Å². The van der Waals surface area contributed by atoms with Crippen molar-refractivity contribution >= 4 is 22.7 Å². The minimum Gasteiger partial charge on any atom is -0.363 e. The molecule has 0 fully saturated rings. The number of aromatic nitrogens is 4. The van der Waals surface area contributed by atoms with Crippen LogP contribution in [0.15, 0.2) is 33.7 Å². The molecule has 5 nitrogen and oxygen atoms in total. The van der Waals surface area contributed by atoms with Gasteiger partial charge in [-0.3, -0.25) is 4.57 Å². The third-order valence-electron chi connectivity index (χ3n) is 3.91. The molecule has 0 aromatic carbocycles. The molecule has 0 atom stereocenters. The van der Waals surface area contributed by atoms with Gasteiger partial charge in [0.25, 0.3) is 0 Å². The molecule has 0 amide bonds. The average molecular weight is 356 g/mol. The van der Waals surface area contributed by atoms with E-state index >= 15 is 0 Å². The number of hydrogen-bond donors (Lipinski definition) is 0. The van der Waals surface area contributed by atoms with Gasteiger partial charge in [-0.25, -0.2) is 9.97 Å². The Morgan fingerprint density at radius 2 is 2.00 bits per heavy atom.